The molecule has 0 radical (unpaired) electrons. The van der Waals surface area contributed by atoms with Crippen LogP contribution in [-0.4, -0.2) is 40.6 Å². The van der Waals surface area contributed by atoms with Gasteiger partial charge in [-0.3, -0.25) is 4.98 Å². The summed E-state index contributed by atoms with van der Waals surface area (Å²) in [6, 6.07) is 5.40. The molecule has 6 nitrogen and oxygen atoms in total. The molecule has 22 heavy (non-hydrogen) atoms. The van der Waals surface area contributed by atoms with Crippen LogP contribution in [0.2, 0.25) is 0 Å². The van der Waals surface area contributed by atoms with E-state index in [1.54, 1.807) is 12.4 Å². The number of pyridine rings is 1. The van der Waals surface area contributed by atoms with Gasteiger partial charge in [-0.2, -0.15) is 0 Å². The number of carbonyl (C=O) groups excluding carboxylic acids is 1. The van der Waals surface area contributed by atoms with E-state index in [0.29, 0.717) is 5.82 Å². The molecule has 114 valence electrons. The van der Waals surface area contributed by atoms with Gasteiger partial charge < -0.3 is 9.64 Å². The van der Waals surface area contributed by atoms with Crippen molar-refractivity contribution in [2.45, 2.75) is 25.8 Å². The maximum atomic E-state index is 11.9. The van der Waals surface area contributed by atoms with Crippen LogP contribution in [0.1, 0.15) is 18.5 Å². The zero-order valence-electron chi connectivity index (χ0n) is 12.7. The summed E-state index contributed by atoms with van der Waals surface area (Å²) < 4.78 is 4.90. The molecular weight excluding hydrogens is 280 g/mol. The maximum Gasteiger partial charge on any atom is 0.328 e. The number of anilines is 1. The molecule has 2 aromatic rings. The van der Waals surface area contributed by atoms with Crippen LogP contribution in [0.4, 0.5) is 5.82 Å². The monoisotopic (exact) mass is 298 g/mol. The van der Waals surface area contributed by atoms with Crippen molar-refractivity contribution in [1.82, 2.24) is 15.0 Å². The first-order chi connectivity index (χ1) is 10.7. The number of esters is 1. The smallest absolute Gasteiger partial charge is 0.328 e. The third-order valence-corrected chi connectivity index (χ3v) is 3.80. The number of hydrogen-bond donors (Lipinski definition) is 0. The van der Waals surface area contributed by atoms with E-state index in [1.165, 1.54) is 7.11 Å². The average Bonchev–Trinajstić information content (AvgIpc) is 3.04. The van der Waals surface area contributed by atoms with Crippen molar-refractivity contribution in [2.75, 3.05) is 18.6 Å². The van der Waals surface area contributed by atoms with Gasteiger partial charge in [0.15, 0.2) is 5.82 Å². The van der Waals surface area contributed by atoms with Gasteiger partial charge in [-0.1, -0.05) is 0 Å². The van der Waals surface area contributed by atoms with E-state index in [2.05, 4.69) is 15.0 Å². The molecule has 0 aromatic carbocycles. The number of rotatable bonds is 3. The molecule has 0 saturated carbocycles. The predicted octanol–water partition coefficient (Wildman–Crippen LogP) is 1.99. The summed E-state index contributed by atoms with van der Waals surface area (Å²) in [5, 5.41) is 0. The van der Waals surface area contributed by atoms with E-state index in [4.69, 9.17) is 4.74 Å². The highest BCUT2D eigenvalue weighted by atomic mass is 16.5. The van der Waals surface area contributed by atoms with Gasteiger partial charge in [-0.15, -0.1) is 0 Å². The van der Waals surface area contributed by atoms with Crippen LogP contribution in [0.5, 0.6) is 0 Å². The van der Waals surface area contributed by atoms with E-state index in [0.717, 1.165) is 36.5 Å². The fraction of sp³-hybridized carbons (Fsp3) is 0.375. The van der Waals surface area contributed by atoms with E-state index in [-0.39, 0.29) is 12.0 Å². The molecular formula is C16H18N4O2. The van der Waals surface area contributed by atoms with Crippen LogP contribution in [0, 0.1) is 6.92 Å². The minimum atomic E-state index is -0.260. The van der Waals surface area contributed by atoms with Gasteiger partial charge in [-0.25, -0.2) is 14.8 Å². The average molecular weight is 298 g/mol. The highest BCUT2D eigenvalue weighted by molar-refractivity contribution is 5.80. The molecule has 1 unspecified atom stereocenters. The Kier molecular flexibility index (Phi) is 4.00. The van der Waals surface area contributed by atoms with Crippen molar-refractivity contribution in [3.05, 3.63) is 36.3 Å². The Bertz CT molecular complexity index is 675. The highest BCUT2D eigenvalue weighted by Gasteiger charge is 2.32. The van der Waals surface area contributed by atoms with Crippen molar-refractivity contribution < 1.29 is 9.53 Å². The molecule has 0 aliphatic carbocycles. The number of nitrogens with zero attached hydrogens (tertiary/aromatic N) is 4. The second-order valence-corrected chi connectivity index (χ2v) is 5.30. The first-order valence-electron chi connectivity index (χ1n) is 7.29. The number of methoxy groups -OCH3 is 1. The van der Waals surface area contributed by atoms with Gasteiger partial charge in [0, 0.05) is 36.3 Å². The molecule has 3 heterocycles. The zero-order chi connectivity index (χ0) is 15.5. The summed E-state index contributed by atoms with van der Waals surface area (Å²) in [6.45, 7) is 2.73. The highest BCUT2D eigenvalue weighted by Crippen LogP contribution is 2.27. The van der Waals surface area contributed by atoms with Gasteiger partial charge in [-0.05, 0) is 31.9 Å². The van der Waals surface area contributed by atoms with Crippen molar-refractivity contribution in [3.63, 3.8) is 0 Å². The Labute approximate surface area is 129 Å². The normalized spacial score (nSPS) is 17.5. The van der Waals surface area contributed by atoms with E-state index in [9.17, 15) is 4.79 Å². The molecule has 0 amide bonds. The number of hydrogen-bond acceptors (Lipinski definition) is 6. The molecule has 3 rings (SSSR count). The van der Waals surface area contributed by atoms with Crippen molar-refractivity contribution in [3.8, 4) is 11.4 Å². The minimum Gasteiger partial charge on any atom is -0.467 e. The molecule has 1 aliphatic heterocycles. The van der Waals surface area contributed by atoms with Gasteiger partial charge in [0.05, 0.1) is 7.11 Å². The molecule has 1 aliphatic rings. The van der Waals surface area contributed by atoms with Gasteiger partial charge in [0.1, 0.15) is 11.9 Å². The Balaban J connectivity index is 1.98. The van der Waals surface area contributed by atoms with Gasteiger partial charge >= 0.3 is 5.97 Å². The van der Waals surface area contributed by atoms with Crippen LogP contribution in [0.3, 0.4) is 0 Å². The maximum absolute atomic E-state index is 11.9. The van der Waals surface area contributed by atoms with Crippen LogP contribution in [0.25, 0.3) is 11.4 Å². The van der Waals surface area contributed by atoms with Crippen LogP contribution >= 0.6 is 0 Å². The zero-order valence-corrected chi connectivity index (χ0v) is 12.7. The molecule has 0 spiro atoms. The van der Waals surface area contributed by atoms with Crippen LogP contribution in [-0.2, 0) is 9.53 Å². The predicted molar refractivity (Wildman–Crippen MR) is 82.4 cm³/mol. The molecule has 1 saturated heterocycles. The van der Waals surface area contributed by atoms with E-state index < -0.39 is 0 Å². The summed E-state index contributed by atoms with van der Waals surface area (Å²) in [5.74, 6) is 1.21. The minimum absolute atomic E-state index is 0.209. The molecule has 1 atom stereocenters. The van der Waals surface area contributed by atoms with Crippen LogP contribution < -0.4 is 4.90 Å². The Morgan fingerprint density at radius 2 is 2.09 bits per heavy atom. The second-order valence-electron chi connectivity index (χ2n) is 5.30. The lowest BCUT2D eigenvalue weighted by Crippen LogP contribution is -2.37. The Morgan fingerprint density at radius 3 is 2.82 bits per heavy atom. The number of aryl methyl sites for hydroxylation is 1. The number of carbonyl (C=O) groups is 1. The van der Waals surface area contributed by atoms with E-state index >= 15 is 0 Å². The van der Waals surface area contributed by atoms with Crippen LogP contribution in [0.15, 0.2) is 30.6 Å². The topological polar surface area (TPSA) is 68.2 Å². The fourth-order valence-corrected chi connectivity index (χ4v) is 2.75. The lowest BCUT2D eigenvalue weighted by Gasteiger charge is -2.24. The molecule has 2 aromatic heterocycles. The number of aromatic nitrogens is 3. The molecule has 0 bridgehead atoms. The van der Waals surface area contributed by atoms with E-state index in [1.807, 2.05) is 30.0 Å². The first kappa shape index (κ1) is 14.4. The standard InChI is InChI=1S/C16H18N4O2/c1-11-10-14(20-9-3-4-13(20)16(21)22-2)19-15(18-11)12-5-7-17-8-6-12/h5-8,10,13H,3-4,9H2,1-2H3. The third kappa shape index (κ3) is 2.77. The Hall–Kier alpha value is -2.50. The lowest BCUT2D eigenvalue weighted by molar-refractivity contribution is -0.141. The van der Waals surface area contributed by atoms with Crippen molar-refractivity contribution >= 4 is 11.8 Å². The molecule has 1 fully saturated rings. The second kappa shape index (κ2) is 6.09. The SMILES string of the molecule is COC(=O)C1CCCN1c1cc(C)nc(-c2ccncc2)n1. The summed E-state index contributed by atoms with van der Waals surface area (Å²) >= 11 is 0. The van der Waals surface area contributed by atoms with Crippen molar-refractivity contribution in [2.24, 2.45) is 0 Å². The Morgan fingerprint density at radius 1 is 1.32 bits per heavy atom. The first-order valence-corrected chi connectivity index (χ1v) is 7.29. The fourth-order valence-electron chi connectivity index (χ4n) is 2.75. The quantitative estimate of drug-likeness (QED) is 0.807. The largest absolute Gasteiger partial charge is 0.467 e. The molecule has 0 N–H and O–H groups in total. The summed E-state index contributed by atoms with van der Waals surface area (Å²) in [4.78, 5) is 27.1. The molecule has 6 heteroatoms. The summed E-state index contributed by atoms with van der Waals surface area (Å²) in [6.07, 6.45) is 5.18. The number of ether oxygens (including phenoxy) is 1. The third-order valence-electron chi connectivity index (χ3n) is 3.80. The van der Waals surface area contributed by atoms with Crippen molar-refractivity contribution in [1.29, 1.82) is 0 Å². The van der Waals surface area contributed by atoms with Gasteiger partial charge in [0.25, 0.3) is 0 Å². The lowest BCUT2D eigenvalue weighted by atomic mass is 10.2. The van der Waals surface area contributed by atoms with Gasteiger partial charge in [0.2, 0.25) is 0 Å². The summed E-state index contributed by atoms with van der Waals surface area (Å²) in [7, 11) is 1.42. The summed E-state index contributed by atoms with van der Waals surface area (Å²) in [5.41, 5.74) is 1.78.